The highest BCUT2D eigenvalue weighted by atomic mass is 16.5. The highest BCUT2D eigenvalue weighted by Gasteiger charge is 2.25. The average Bonchev–Trinajstić information content (AvgIpc) is 3.31. The van der Waals surface area contributed by atoms with Crippen molar-refractivity contribution in [1.82, 2.24) is 9.88 Å². The van der Waals surface area contributed by atoms with Gasteiger partial charge >= 0.3 is 0 Å². The third-order valence-electron chi connectivity index (χ3n) is 5.86. The minimum Gasteiger partial charge on any atom is -0.497 e. The van der Waals surface area contributed by atoms with E-state index in [1.54, 1.807) is 7.11 Å². The Bertz CT molecular complexity index is 876. The molecule has 2 aliphatic heterocycles. The van der Waals surface area contributed by atoms with Gasteiger partial charge in [0.2, 0.25) is 5.91 Å². The van der Waals surface area contributed by atoms with Crippen molar-refractivity contribution in [2.24, 2.45) is 0 Å². The number of carbonyl (C=O) groups excluding carboxylic acids is 1. The molecule has 0 aliphatic carbocycles. The molecule has 0 unspecified atom stereocenters. The number of aromatic nitrogens is 1. The number of anilines is 1. The lowest BCUT2D eigenvalue weighted by atomic mass is 10.1. The summed E-state index contributed by atoms with van der Waals surface area (Å²) in [6.45, 7) is 6.83. The van der Waals surface area contributed by atoms with Crippen LogP contribution in [0, 0.1) is 0 Å². The summed E-state index contributed by atoms with van der Waals surface area (Å²) in [7, 11) is 1.66. The van der Waals surface area contributed by atoms with Gasteiger partial charge in [-0.05, 0) is 31.0 Å². The summed E-state index contributed by atoms with van der Waals surface area (Å²) in [4.78, 5) is 21.9. The lowest BCUT2D eigenvalue weighted by Gasteiger charge is -2.32. The molecule has 0 N–H and O–H groups in total. The van der Waals surface area contributed by atoms with Gasteiger partial charge in [0, 0.05) is 56.2 Å². The Morgan fingerprint density at radius 1 is 1.27 bits per heavy atom. The molecule has 162 valence electrons. The molecule has 2 saturated heterocycles. The lowest BCUT2D eigenvalue weighted by molar-refractivity contribution is -0.133. The summed E-state index contributed by atoms with van der Waals surface area (Å²) in [6, 6.07) is 8.10. The number of benzene rings is 1. The van der Waals surface area contributed by atoms with E-state index in [-0.39, 0.29) is 12.0 Å². The second-order valence-electron chi connectivity index (χ2n) is 7.89. The molecule has 0 spiro atoms. The van der Waals surface area contributed by atoms with Gasteiger partial charge in [-0.15, -0.1) is 0 Å². The number of fused-ring (bicyclic) bond motifs is 1. The Kier molecular flexibility index (Phi) is 6.69. The van der Waals surface area contributed by atoms with E-state index in [0.29, 0.717) is 32.7 Å². The number of amides is 1. The zero-order chi connectivity index (χ0) is 20.9. The van der Waals surface area contributed by atoms with E-state index in [1.165, 1.54) is 0 Å². The second kappa shape index (κ2) is 9.62. The molecule has 0 saturated carbocycles. The summed E-state index contributed by atoms with van der Waals surface area (Å²) in [5.41, 5.74) is 1.96. The zero-order valence-electron chi connectivity index (χ0n) is 17.9. The smallest absolute Gasteiger partial charge is 0.222 e. The molecular weight excluding hydrogens is 382 g/mol. The van der Waals surface area contributed by atoms with E-state index in [2.05, 4.69) is 11.0 Å². The summed E-state index contributed by atoms with van der Waals surface area (Å²) < 4.78 is 16.7. The molecule has 1 aromatic heterocycles. The van der Waals surface area contributed by atoms with Crippen LogP contribution in [0.2, 0.25) is 0 Å². The number of nitrogens with zero attached hydrogens (tertiary/aromatic N) is 3. The number of morpholine rings is 1. The summed E-state index contributed by atoms with van der Waals surface area (Å²) >= 11 is 0. The van der Waals surface area contributed by atoms with E-state index >= 15 is 0 Å². The fourth-order valence-electron chi connectivity index (χ4n) is 4.19. The third-order valence-corrected chi connectivity index (χ3v) is 5.86. The van der Waals surface area contributed by atoms with Gasteiger partial charge in [-0.25, -0.2) is 4.98 Å². The Hall–Kier alpha value is -2.38. The maximum Gasteiger partial charge on any atom is 0.222 e. The molecule has 4 rings (SSSR count). The number of pyridine rings is 1. The topological polar surface area (TPSA) is 64.1 Å². The Labute approximate surface area is 177 Å². The van der Waals surface area contributed by atoms with E-state index in [9.17, 15) is 4.79 Å². The highest BCUT2D eigenvalue weighted by molar-refractivity contribution is 5.84. The van der Waals surface area contributed by atoms with Gasteiger partial charge in [0.15, 0.2) is 0 Å². The van der Waals surface area contributed by atoms with Crippen molar-refractivity contribution >= 4 is 22.6 Å². The molecule has 3 heterocycles. The molecule has 1 atom stereocenters. The molecule has 7 nitrogen and oxygen atoms in total. The van der Waals surface area contributed by atoms with Crippen molar-refractivity contribution in [3.8, 4) is 5.75 Å². The first-order valence-corrected chi connectivity index (χ1v) is 10.9. The first-order chi connectivity index (χ1) is 14.7. The minimum absolute atomic E-state index is 0.130. The molecule has 2 fully saturated rings. The van der Waals surface area contributed by atoms with Gasteiger partial charge in [0.25, 0.3) is 0 Å². The fourth-order valence-corrected chi connectivity index (χ4v) is 4.19. The van der Waals surface area contributed by atoms with Crippen LogP contribution in [0.4, 0.5) is 5.82 Å². The van der Waals surface area contributed by atoms with Crippen LogP contribution in [0.15, 0.2) is 24.3 Å². The number of hydrogen-bond donors (Lipinski definition) is 0. The van der Waals surface area contributed by atoms with Crippen molar-refractivity contribution in [2.75, 3.05) is 51.5 Å². The molecule has 0 bridgehead atoms. The molecule has 2 aliphatic rings. The average molecular weight is 414 g/mol. The maximum absolute atomic E-state index is 12.7. The van der Waals surface area contributed by atoms with Crippen LogP contribution in [0.25, 0.3) is 10.9 Å². The number of ether oxygens (including phenoxy) is 3. The van der Waals surface area contributed by atoms with E-state index in [0.717, 1.165) is 60.6 Å². The number of hydrogen-bond acceptors (Lipinski definition) is 6. The van der Waals surface area contributed by atoms with Crippen molar-refractivity contribution in [3.63, 3.8) is 0 Å². The first-order valence-electron chi connectivity index (χ1n) is 10.9. The van der Waals surface area contributed by atoms with Crippen molar-refractivity contribution in [2.45, 2.75) is 38.8 Å². The van der Waals surface area contributed by atoms with Gasteiger partial charge in [-0.1, -0.05) is 6.92 Å². The first kappa shape index (κ1) is 20.9. The zero-order valence-corrected chi connectivity index (χ0v) is 17.9. The van der Waals surface area contributed by atoms with Crippen LogP contribution >= 0.6 is 0 Å². The minimum atomic E-state index is 0.130. The van der Waals surface area contributed by atoms with Gasteiger partial charge in [0.05, 0.1) is 31.9 Å². The molecule has 1 aromatic carbocycles. The number of carbonyl (C=O) groups is 1. The molecular formula is C23H31N3O4. The standard InChI is InChI=1S/C23H31N3O4/c1-3-22(27)26(16-20-5-4-10-30-20)15-18-13-17-6-7-19(28-2)14-21(17)24-23(18)25-8-11-29-12-9-25/h6-7,13-14,20H,3-5,8-12,15-16H2,1-2H3/t20-/m1/s1. The second-order valence-corrected chi connectivity index (χ2v) is 7.89. The van der Waals surface area contributed by atoms with E-state index in [1.807, 2.05) is 30.0 Å². The van der Waals surface area contributed by atoms with Crippen molar-refractivity contribution in [1.29, 1.82) is 0 Å². The van der Waals surface area contributed by atoms with Gasteiger partial charge in [-0.3, -0.25) is 4.79 Å². The lowest BCUT2D eigenvalue weighted by Crippen LogP contribution is -2.39. The van der Waals surface area contributed by atoms with Crippen LogP contribution < -0.4 is 9.64 Å². The van der Waals surface area contributed by atoms with Crippen molar-refractivity contribution in [3.05, 3.63) is 29.8 Å². The largest absolute Gasteiger partial charge is 0.497 e. The highest BCUT2D eigenvalue weighted by Crippen LogP contribution is 2.28. The van der Waals surface area contributed by atoms with Crippen molar-refractivity contribution < 1.29 is 19.0 Å². The quantitative estimate of drug-likeness (QED) is 0.695. The molecule has 30 heavy (non-hydrogen) atoms. The predicted octanol–water partition coefficient (Wildman–Crippen LogP) is 3.00. The van der Waals surface area contributed by atoms with Crippen LogP contribution in [0.5, 0.6) is 5.75 Å². The number of methoxy groups -OCH3 is 1. The van der Waals surface area contributed by atoms with Crippen LogP contribution in [-0.2, 0) is 20.8 Å². The van der Waals surface area contributed by atoms with Gasteiger partial charge in [-0.2, -0.15) is 0 Å². The molecule has 1 amide bonds. The van der Waals surface area contributed by atoms with E-state index in [4.69, 9.17) is 19.2 Å². The summed E-state index contributed by atoms with van der Waals surface area (Å²) in [5.74, 6) is 1.87. The molecule has 2 aromatic rings. The molecule has 7 heteroatoms. The SMILES string of the molecule is CCC(=O)N(Cc1cc2ccc(OC)cc2nc1N1CCOCC1)C[C@H]1CCCO1. The summed E-state index contributed by atoms with van der Waals surface area (Å²) in [6.07, 6.45) is 2.69. The Morgan fingerprint density at radius 3 is 2.80 bits per heavy atom. The number of rotatable bonds is 7. The Balaban J connectivity index is 1.69. The monoisotopic (exact) mass is 413 g/mol. The molecule has 0 radical (unpaired) electrons. The van der Waals surface area contributed by atoms with E-state index < -0.39 is 0 Å². The fraction of sp³-hybridized carbons (Fsp3) is 0.565. The van der Waals surface area contributed by atoms with Crippen LogP contribution in [-0.4, -0.2) is 68.5 Å². The maximum atomic E-state index is 12.7. The van der Waals surface area contributed by atoms with Crippen LogP contribution in [0.3, 0.4) is 0 Å². The normalized spacial score (nSPS) is 19.3. The third kappa shape index (κ3) is 4.68. The summed E-state index contributed by atoms with van der Waals surface area (Å²) in [5, 5.41) is 1.05. The van der Waals surface area contributed by atoms with Gasteiger partial charge < -0.3 is 24.0 Å². The Morgan fingerprint density at radius 2 is 2.10 bits per heavy atom. The van der Waals surface area contributed by atoms with Crippen LogP contribution in [0.1, 0.15) is 31.7 Å². The predicted molar refractivity (Wildman–Crippen MR) is 116 cm³/mol. The van der Waals surface area contributed by atoms with Gasteiger partial charge in [0.1, 0.15) is 11.6 Å².